The lowest BCUT2D eigenvalue weighted by Gasteiger charge is -2.00. The predicted octanol–water partition coefficient (Wildman–Crippen LogP) is 5.28. The largest absolute Gasteiger partial charge is 0.480 e. The number of allylic oxidation sites excluding steroid dienone is 5. The molecule has 0 amide bonds. The highest BCUT2D eigenvalue weighted by atomic mass is 16.6. The normalized spacial score (nSPS) is 12.3. The van der Waals surface area contributed by atoms with Gasteiger partial charge in [-0.05, 0) is 44.6 Å². The van der Waals surface area contributed by atoms with Crippen molar-refractivity contribution in [3.63, 3.8) is 0 Å². The number of hydrogen-bond donors (Lipinski definition) is 1. The van der Waals surface area contributed by atoms with Crippen molar-refractivity contribution >= 4 is 5.97 Å². The van der Waals surface area contributed by atoms with E-state index in [1.165, 1.54) is 12.8 Å². The maximum absolute atomic E-state index is 11.0. The Morgan fingerprint density at radius 3 is 2.38 bits per heavy atom. The molecule has 0 spiro atoms. The summed E-state index contributed by atoms with van der Waals surface area (Å²) in [6, 6.07) is 0. The van der Waals surface area contributed by atoms with E-state index in [9.17, 15) is 14.9 Å². The number of carboxylic acids is 1. The molecule has 6 heteroatoms. The van der Waals surface area contributed by atoms with Gasteiger partial charge in [0.05, 0.1) is 11.3 Å². The molecule has 0 aliphatic carbocycles. The zero-order valence-electron chi connectivity index (χ0n) is 15.9. The van der Waals surface area contributed by atoms with Crippen LogP contribution in [0, 0.1) is 10.1 Å². The molecule has 0 rings (SSSR count). The molecule has 26 heavy (non-hydrogen) atoms. The van der Waals surface area contributed by atoms with Gasteiger partial charge in [-0.2, -0.15) is 0 Å². The molecule has 0 radical (unpaired) electrons. The monoisotopic (exact) mass is 367 g/mol. The quantitative estimate of drug-likeness (QED) is 0.163. The van der Waals surface area contributed by atoms with Crippen LogP contribution in [-0.2, 0) is 9.53 Å². The molecule has 0 fully saturated rings. The number of carboxylic acid groups (broad SMARTS) is 1. The Balaban J connectivity index is 3.82. The van der Waals surface area contributed by atoms with Crippen molar-refractivity contribution in [2.45, 2.75) is 71.1 Å². The first-order valence-corrected chi connectivity index (χ1v) is 9.50. The van der Waals surface area contributed by atoms with E-state index >= 15 is 0 Å². The second kappa shape index (κ2) is 17.9. The fraction of sp³-hybridized carbons (Fsp3) is 0.650. The Labute approximate surface area is 156 Å². The first-order chi connectivity index (χ1) is 12.6. The number of carbonyl (C=O) groups is 1. The average Bonchev–Trinajstić information content (AvgIpc) is 2.60. The Hall–Kier alpha value is -1.95. The zero-order valence-corrected chi connectivity index (χ0v) is 15.9. The van der Waals surface area contributed by atoms with Crippen LogP contribution in [0.5, 0.6) is 0 Å². The second-order valence-corrected chi connectivity index (χ2v) is 6.13. The van der Waals surface area contributed by atoms with E-state index in [0.29, 0.717) is 19.4 Å². The molecule has 0 heterocycles. The Morgan fingerprint density at radius 2 is 1.73 bits per heavy atom. The lowest BCUT2D eigenvalue weighted by Crippen LogP contribution is -2.07. The van der Waals surface area contributed by atoms with Crippen molar-refractivity contribution in [2.75, 3.05) is 13.2 Å². The van der Waals surface area contributed by atoms with E-state index in [4.69, 9.17) is 9.84 Å². The van der Waals surface area contributed by atoms with Crippen molar-refractivity contribution in [3.8, 4) is 0 Å². The molecular formula is C20H33NO5. The first kappa shape index (κ1) is 24.1. The van der Waals surface area contributed by atoms with Crippen LogP contribution in [0.3, 0.4) is 0 Å². The number of hydrogen-bond acceptors (Lipinski definition) is 4. The summed E-state index contributed by atoms with van der Waals surface area (Å²) in [6.07, 6.45) is 18.8. The molecule has 0 aromatic carbocycles. The number of unbranched alkanes of at least 4 members (excludes halogenated alkanes) is 6. The van der Waals surface area contributed by atoms with Gasteiger partial charge in [0, 0.05) is 6.61 Å². The number of ether oxygens (including phenoxy) is 1. The van der Waals surface area contributed by atoms with Crippen LogP contribution in [0.2, 0.25) is 0 Å². The molecule has 0 atom stereocenters. The van der Waals surface area contributed by atoms with E-state index in [2.05, 4.69) is 6.92 Å². The van der Waals surface area contributed by atoms with Crippen LogP contribution in [0.4, 0.5) is 0 Å². The summed E-state index contributed by atoms with van der Waals surface area (Å²) in [7, 11) is 0. The van der Waals surface area contributed by atoms with E-state index in [-0.39, 0.29) is 17.2 Å². The summed E-state index contributed by atoms with van der Waals surface area (Å²) in [5.41, 5.74) is 0.247. The van der Waals surface area contributed by atoms with Crippen molar-refractivity contribution in [1.29, 1.82) is 0 Å². The summed E-state index contributed by atoms with van der Waals surface area (Å²) in [6.45, 7) is 2.39. The van der Waals surface area contributed by atoms with Crippen LogP contribution in [0.15, 0.2) is 36.1 Å². The van der Waals surface area contributed by atoms with Gasteiger partial charge >= 0.3 is 5.97 Å². The average molecular weight is 367 g/mol. The molecule has 0 saturated carbocycles. The molecule has 6 nitrogen and oxygen atoms in total. The van der Waals surface area contributed by atoms with Gasteiger partial charge in [0.15, 0.2) is 0 Å². The van der Waals surface area contributed by atoms with Crippen LogP contribution in [0.1, 0.15) is 71.1 Å². The highest BCUT2D eigenvalue weighted by Crippen LogP contribution is 2.08. The third-order valence-electron chi connectivity index (χ3n) is 3.74. The maximum atomic E-state index is 11.0. The van der Waals surface area contributed by atoms with Crippen molar-refractivity contribution in [1.82, 2.24) is 0 Å². The standard InChI is InChI=1S/C20H33NO5/c1-2-3-4-5-9-12-15-19(21(24)25)16-13-10-7-6-8-11-14-17-26-18-20(22)23/h7,9-10,12,16H,2-6,8,11,13-15,17-18H2,1H3,(H,22,23). The summed E-state index contributed by atoms with van der Waals surface area (Å²) >= 11 is 0. The molecule has 0 unspecified atom stereocenters. The molecule has 0 bridgehead atoms. The maximum Gasteiger partial charge on any atom is 0.329 e. The minimum atomic E-state index is -0.943. The van der Waals surface area contributed by atoms with E-state index in [1.807, 2.05) is 24.3 Å². The highest BCUT2D eigenvalue weighted by Gasteiger charge is 2.06. The van der Waals surface area contributed by atoms with Gasteiger partial charge in [0.25, 0.3) is 0 Å². The van der Waals surface area contributed by atoms with Gasteiger partial charge in [-0.1, -0.05) is 50.5 Å². The summed E-state index contributed by atoms with van der Waals surface area (Å²) in [4.78, 5) is 21.0. The van der Waals surface area contributed by atoms with Crippen LogP contribution >= 0.6 is 0 Å². The molecule has 0 aliphatic rings. The third kappa shape index (κ3) is 16.9. The smallest absolute Gasteiger partial charge is 0.329 e. The minimum absolute atomic E-state index is 0.237. The minimum Gasteiger partial charge on any atom is -0.480 e. The highest BCUT2D eigenvalue weighted by molar-refractivity contribution is 5.67. The van der Waals surface area contributed by atoms with E-state index in [0.717, 1.165) is 38.5 Å². The lowest BCUT2D eigenvalue weighted by molar-refractivity contribution is -0.427. The fourth-order valence-electron chi connectivity index (χ4n) is 2.29. The van der Waals surface area contributed by atoms with Crippen molar-refractivity contribution in [3.05, 3.63) is 46.2 Å². The first-order valence-electron chi connectivity index (χ1n) is 9.50. The number of nitrogens with zero attached hydrogens (tertiary/aromatic N) is 1. The summed E-state index contributed by atoms with van der Waals surface area (Å²) in [5, 5.41) is 19.4. The lowest BCUT2D eigenvalue weighted by atomic mass is 10.1. The van der Waals surface area contributed by atoms with Crippen LogP contribution < -0.4 is 0 Å². The second-order valence-electron chi connectivity index (χ2n) is 6.13. The number of nitro groups is 1. The van der Waals surface area contributed by atoms with E-state index in [1.54, 1.807) is 6.08 Å². The predicted molar refractivity (Wildman–Crippen MR) is 104 cm³/mol. The molecule has 0 aromatic heterocycles. The Kier molecular flexibility index (Phi) is 16.5. The molecule has 1 N–H and O–H groups in total. The van der Waals surface area contributed by atoms with Crippen LogP contribution in [0.25, 0.3) is 0 Å². The molecule has 0 saturated heterocycles. The molecule has 0 aliphatic heterocycles. The van der Waals surface area contributed by atoms with Crippen LogP contribution in [-0.4, -0.2) is 29.2 Å². The molecule has 148 valence electrons. The molecular weight excluding hydrogens is 334 g/mol. The Bertz CT molecular complexity index is 469. The third-order valence-corrected chi connectivity index (χ3v) is 3.74. The van der Waals surface area contributed by atoms with Crippen molar-refractivity contribution < 1.29 is 19.6 Å². The number of aliphatic carboxylic acids is 1. The van der Waals surface area contributed by atoms with Gasteiger partial charge in [0.1, 0.15) is 6.61 Å². The summed E-state index contributed by atoms with van der Waals surface area (Å²) in [5.74, 6) is -0.943. The Morgan fingerprint density at radius 1 is 1.04 bits per heavy atom. The van der Waals surface area contributed by atoms with Gasteiger partial charge in [-0.25, -0.2) is 4.79 Å². The summed E-state index contributed by atoms with van der Waals surface area (Å²) < 4.78 is 4.95. The molecule has 0 aromatic rings. The number of rotatable bonds is 17. The van der Waals surface area contributed by atoms with Crippen molar-refractivity contribution in [2.24, 2.45) is 0 Å². The SMILES string of the molecule is CCCCCC=CCC(=CCC=CCCCCCOCC(=O)O)[N+](=O)[O-]. The zero-order chi connectivity index (χ0) is 19.5. The van der Waals surface area contributed by atoms with Gasteiger partial charge in [-0.3, -0.25) is 10.1 Å². The topological polar surface area (TPSA) is 89.7 Å². The van der Waals surface area contributed by atoms with Gasteiger partial charge in [0.2, 0.25) is 5.70 Å². The fourth-order valence-corrected chi connectivity index (χ4v) is 2.29. The van der Waals surface area contributed by atoms with E-state index < -0.39 is 5.97 Å². The van der Waals surface area contributed by atoms with Gasteiger partial charge in [-0.15, -0.1) is 0 Å². The van der Waals surface area contributed by atoms with Gasteiger partial charge < -0.3 is 9.84 Å².